The van der Waals surface area contributed by atoms with E-state index in [1.54, 1.807) is 12.1 Å². The lowest BCUT2D eigenvalue weighted by Crippen LogP contribution is -1.96. The fourth-order valence-electron chi connectivity index (χ4n) is 2.21. The summed E-state index contributed by atoms with van der Waals surface area (Å²) in [5, 5.41) is 4.22. The molecule has 3 nitrogen and oxygen atoms in total. The first-order valence-electron chi connectivity index (χ1n) is 6.42. The molecule has 0 amide bonds. The minimum Gasteiger partial charge on any atom is -0.399 e. The van der Waals surface area contributed by atoms with Gasteiger partial charge in [0.2, 0.25) is 0 Å². The van der Waals surface area contributed by atoms with Gasteiger partial charge in [0.25, 0.3) is 0 Å². The van der Waals surface area contributed by atoms with E-state index in [1.807, 2.05) is 31.2 Å². The van der Waals surface area contributed by atoms with Crippen LogP contribution in [0.2, 0.25) is 0 Å². The van der Waals surface area contributed by atoms with Gasteiger partial charge in [-0.05, 0) is 65.3 Å². The van der Waals surface area contributed by atoms with E-state index >= 15 is 0 Å². The van der Waals surface area contributed by atoms with Gasteiger partial charge in [0.1, 0.15) is 5.82 Å². The van der Waals surface area contributed by atoms with Gasteiger partial charge in [0.15, 0.2) is 0 Å². The lowest BCUT2D eigenvalue weighted by atomic mass is 10.1. The lowest BCUT2D eigenvalue weighted by Gasteiger charge is -2.12. The minimum absolute atomic E-state index is 0.291. The molecule has 1 aromatic heterocycles. The van der Waals surface area contributed by atoms with Crippen LogP contribution in [-0.4, -0.2) is 4.98 Å². The number of rotatable bonds is 2. The number of halogens is 2. The smallest absolute Gasteiger partial charge is 0.137 e. The molecular weight excluding hydrogens is 333 g/mol. The fraction of sp³-hybridized carbons (Fsp3) is 0.0625. The Balaban J connectivity index is 2.10. The van der Waals surface area contributed by atoms with Crippen molar-refractivity contribution < 1.29 is 4.39 Å². The number of hydrogen-bond acceptors (Lipinski definition) is 3. The molecule has 3 aromatic rings. The summed E-state index contributed by atoms with van der Waals surface area (Å²) in [5.41, 5.74) is 9.98. The fourth-order valence-corrected chi connectivity index (χ4v) is 2.59. The van der Waals surface area contributed by atoms with Gasteiger partial charge in [0.05, 0.1) is 9.99 Å². The molecule has 0 saturated heterocycles. The number of aromatic nitrogens is 1. The molecule has 0 saturated carbocycles. The van der Waals surface area contributed by atoms with Crippen LogP contribution in [0, 0.1) is 12.7 Å². The first-order chi connectivity index (χ1) is 10.0. The number of anilines is 3. The van der Waals surface area contributed by atoms with Crippen molar-refractivity contribution in [3.63, 3.8) is 0 Å². The second kappa shape index (κ2) is 5.33. The largest absolute Gasteiger partial charge is 0.399 e. The Labute approximate surface area is 130 Å². The molecule has 2 aromatic carbocycles. The predicted molar refractivity (Wildman–Crippen MR) is 88.3 cm³/mol. The van der Waals surface area contributed by atoms with Gasteiger partial charge in [-0.15, -0.1) is 0 Å². The number of benzene rings is 2. The molecule has 0 atom stereocenters. The molecule has 1 heterocycles. The van der Waals surface area contributed by atoms with Crippen molar-refractivity contribution in [3.05, 3.63) is 58.4 Å². The molecule has 0 bridgehead atoms. The monoisotopic (exact) mass is 345 g/mol. The average molecular weight is 346 g/mol. The summed E-state index contributed by atoms with van der Waals surface area (Å²) in [6, 6.07) is 12.3. The third kappa shape index (κ3) is 2.83. The lowest BCUT2D eigenvalue weighted by molar-refractivity contribution is 0.621. The van der Waals surface area contributed by atoms with Crippen LogP contribution in [0.4, 0.5) is 21.5 Å². The van der Waals surface area contributed by atoms with Gasteiger partial charge < -0.3 is 11.1 Å². The molecule has 0 spiro atoms. The summed E-state index contributed by atoms with van der Waals surface area (Å²) in [4.78, 5) is 4.49. The summed E-state index contributed by atoms with van der Waals surface area (Å²) >= 11 is 3.19. The van der Waals surface area contributed by atoms with E-state index in [0.29, 0.717) is 10.2 Å². The Kier molecular flexibility index (Phi) is 3.51. The van der Waals surface area contributed by atoms with Crippen molar-refractivity contribution in [2.75, 3.05) is 11.1 Å². The predicted octanol–water partition coefficient (Wildman–Crippen LogP) is 4.77. The molecule has 106 valence electrons. The highest BCUT2D eigenvalue weighted by molar-refractivity contribution is 9.10. The molecule has 0 aliphatic rings. The van der Waals surface area contributed by atoms with Crippen molar-refractivity contribution in [2.45, 2.75) is 6.92 Å². The summed E-state index contributed by atoms with van der Waals surface area (Å²) < 4.78 is 13.7. The van der Waals surface area contributed by atoms with Crippen LogP contribution in [0.1, 0.15) is 5.69 Å². The third-order valence-corrected chi connectivity index (χ3v) is 3.77. The van der Waals surface area contributed by atoms with Crippen molar-refractivity contribution in [3.8, 4) is 0 Å². The van der Waals surface area contributed by atoms with Gasteiger partial charge in [-0.1, -0.05) is 0 Å². The molecule has 5 heteroatoms. The highest BCUT2D eigenvalue weighted by Crippen LogP contribution is 2.29. The van der Waals surface area contributed by atoms with Gasteiger partial charge >= 0.3 is 0 Å². The number of pyridine rings is 1. The van der Waals surface area contributed by atoms with Crippen LogP contribution in [-0.2, 0) is 0 Å². The zero-order chi connectivity index (χ0) is 15.0. The normalized spacial score (nSPS) is 10.8. The van der Waals surface area contributed by atoms with Crippen molar-refractivity contribution in [2.24, 2.45) is 0 Å². The number of nitrogens with two attached hydrogens (primary N) is 1. The van der Waals surface area contributed by atoms with Crippen LogP contribution in [0.3, 0.4) is 0 Å². The first kappa shape index (κ1) is 13.8. The average Bonchev–Trinajstić information content (AvgIpc) is 2.43. The molecule has 3 N–H and O–H groups in total. The highest BCUT2D eigenvalue weighted by Gasteiger charge is 2.06. The molecular formula is C16H13BrFN3. The van der Waals surface area contributed by atoms with Gasteiger partial charge in [0, 0.05) is 28.1 Å². The summed E-state index contributed by atoms with van der Waals surface area (Å²) in [7, 11) is 0. The van der Waals surface area contributed by atoms with Crippen LogP contribution in [0.25, 0.3) is 10.9 Å². The molecule has 0 radical (unpaired) electrons. The summed E-state index contributed by atoms with van der Waals surface area (Å²) in [6.45, 7) is 1.93. The van der Waals surface area contributed by atoms with E-state index in [1.165, 1.54) is 6.07 Å². The maximum Gasteiger partial charge on any atom is 0.137 e. The summed E-state index contributed by atoms with van der Waals surface area (Å²) in [6.07, 6.45) is 0. The second-order valence-corrected chi connectivity index (χ2v) is 5.70. The number of nitrogens with zero attached hydrogens (tertiary/aromatic N) is 1. The zero-order valence-corrected chi connectivity index (χ0v) is 12.9. The highest BCUT2D eigenvalue weighted by atomic mass is 79.9. The molecule has 0 fully saturated rings. The number of nitrogens with one attached hydrogen (secondary N) is 1. The Bertz CT molecular complexity index is 833. The van der Waals surface area contributed by atoms with Crippen LogP contribution < -0.4 is 11.1 Å². The topological polar surface area (TPSA) is 50.9 Å². The van der Waals surface area contributed by atoms with Gasteiger partial charge in [-0.25, -0.2) is 4.39 Å². The quantitative estimate of drug-likeness (QED) is 0.657. The van der Waals surface area contributed by atoms with E-state index in [-0.39, 0.29) is 5.82 Å². The Morgan fingerprint density at radius 2 is 1.95 bits per heavy atom. The standard InChI is InChI=1S/C16H13BrFN3/c1-9-6-16(12-7-10(19)2-5-15(12)20-9)21-11-3-4-14(18)13(17)8-11/h2-8H,19H2,1H3,(H,20,21). The van der Waals surface area contributed by atoms with Gasteiger partial charge in [-0.3, -0.25) is 4.98 Å². The van der Waals surface area contributed by atoms with E-state index < -0.39 is 0 Å². The second-order valence-electron chi connectivity index (χ2n) is 4.84. The van der Waals surface area contributed by atoms with E-state index in [9.17, 15) is 4.39 Å². The Morgan fingerprint density at radius 1 is 1.14 bits per heavy atom. The van der Waals surface area contributed by atoms with Crippen LogP contribution in [0.5, 0.6) is 0 Å². The molecule has 0 aliphatic carbocycles. The van der Waals surface area contributed by atoms with Crippen LogP contribution in [0.15, 0.2) is 46.9 Å². The van der Waals surface area contributed by atoms with E-state index in [4.69, 9.17) is 5.73 Å². The zero-order valence-electron chi connectivity index (χ0n) is 11.3. The molecule has 0 aliphatic heterocycles. The van der Waals surface area contributed by atoms with Gasteiger partial charge in [-0.2, -0.15) is 0 Å². The van der Waals surface area contributed by atoms with E-state index in [2.05, 4.69) is 26.2 Å². The summed E-state index contributed by atoms with van der Waals surface area (Å²) in [5.74, 6) is -0.291. The minimum atomic E-state index is -0.291. The molecule has 0 unspecified atom stereocenters. The molecule has 3 rings (SSSR count). The number of fused-ring (bicyclic) bond motifs is 1. The maximum atomic E-state index is 13.3. The Morgan fingerprint density at radius 3 is 2.71 bits per heavy atom. The molecule has 21 heavy (non-hydrogen) atoms. The van der Waals surface area contributed by atoms with Crippen molar-refractivity contribution in [1.82, 2.24) is 4.98 Å². The van der Waals surface area contributed by atoms with Crippen LogP contribution >= 0.6 is 15.9 Å². The van der Waals surface area contributed by atoms with Crippen molar-refractivity contribution in [1.29, 1.82) is 0 Å². The Hall–Kier alpha value is -2.14. The maximum absolute atomic E-state index is 13.3. The van der Waals surface area contributed by atoms with E-state index in [0.717, 1.165) is 28.0 Å². The first-order valence-corrected chi connectivity index (χ1v) is 7.21. The third-order valence-electron chi connectivity index (χ3n) is 3.16. The van der Waals surface area contributed by atoms with Crippen molar-refractivity contribution >= 4 is 43.9 Å². The number of hydrogen-bond donors (Lipinski definition) is 2. The number of nitrogen functional groups attached to an aromatic ring is 1. The SMILES string of the molecule is Cc1cc(Nc2ccc(F)c(Br)c2)c2cc(N)ccc2n1. The number of aryl methyl sites for hydroxylation is 1.